The summed E-state index contributed by atoms with van der Waals surface area (Å²) in [4.78, 5) is 25.8. The smallest absolute Gasteiger partial charge is 0.245 e. The standard InChI is InChI=1S/C25H30N2O3/c1-15(19-3-4-21-11-22(30-2)6-5-20(21)10-19)23(28)26-27-24(29)25-12-16-7-17(13-25)9-18(8-16)14-25/h3-6,10-11,15-18H,7-9,12-14H2,1-2H3,(H,26,28)(H,27,29)/t15-,16?,17?,18?,25?/m0/s1. The molecule has 158 valence electrons. The number of hydrogen-bond acceptors (Lipinski definition) is 3. The Bertz CT molecular complexity index is 964. The van der Waals surface area contributed by atoms with Crippen molar-refractivity contribution in [2.45, 2.75) is 51.4 Å². The topological polar surface area (TPSA) is 67.4 Å². The van der Waals surface area contributed by atoms with Gasteiger partial charge >= 0.3 is 0 Å². The molecule has 2 N–H and O–H groups in total. The first-order chi connectivity index (χ1) is 14.5. The monoisotopic (exact) mass is 406 g/mol. The van der Waals surface area contributed by atoms with E-state index >= 15 is 0 Å². The van der Waals surface area contributed by atoms with Crippen LogP contribution in [-0.2, 0) is 9.59 Å². The zero-order valence-corrected chi connectivity index (χ0v) is 17.7. The van der Waals surface area contributed by atoms with E-state index < -0.39 is 0 Å². The summed E-state index contributed by atoms with van der Waals surface area (Å²) in [6, 6.07) is 11.9. The molecule has 2 aromatic rings. The Morgan fingerprint density at radius 1 is 0.933 bits per heavy atom. The van der Waals surface area contributed by atoms with Crippen molar-refractivity contribution < 1.29 is 14.3 Å². The number of amides is 2. The van der Waals surface area contributed by atoms with Crippen LogP contribution in [0.25, 0.3) is 10.8 Å². The van der Waals surface area contributed by atoms with Crippen LogP contribution >= 0.6 is 0 Å². The van der Waals surface area contributed by atoms with Crippen LogP contribution in [0.15, 0.2) is 36.4 Å². The number of methoxy groups -OCH3 is 1. The number of rotatable bonds is 4. The lowest BCUT2D eigenvalue weighted by molar-refractivity contribution is -0.149. The van der Waals surface area contributed by atoms with Crippen LogP contribution in [-0.4, -0.2) is 18.9 Å². The number of ether oxygens (including phenoxy) is 1. The molecule has 0 aliphatic heterocycles. The van der Waals surface area contributed by atoms with Crippen LogP contribution in [0.4, 0.5) is 0 Å². The highest BCUT2D eigenvalue weighted by atomic mass is 16.5. The van der Waals surface area contributed by atoms with Crippen molar-refractivity contribution in [3.05, 3.63) is 42.0 Å². The van der Waals surface area contributed by atoms with Gasteiger partial charge in [-0.25, -0.2) is 0 Å². The number of carbonyl (C=O) groups is 2. The summed E-state index contributed by atoms with van der Waals surface area (Å²) in [7, 11) is 1.65. The van der Waals surface area contributed by atoms with E-state index in [-0.39, 0.29) is 23.1 Å². The van der Waals surface area contributed by atoms with Gasteiger partial charge in [0.05, 0.1) is 18.4 Å². The van der Waals surface area contributed by atoms with Gasteiger partial charge in [0.15, 0.2) is 0 Å². The maximum atomic E-state index is 13.1. The highest BCUT2D eigenvalue weighted by Gasteiger charge is 2.54. The maximum absolute atomic E-state index is 13.1. The van der Waals surface area contributed by atoms with Crippen LogP contribution < -0.4 is 15.6 Å². The third-order valence-electron chi connectivity index (χ3n) is 7.78. The zero-order valence-electron chi connectivity index (χ0n) is 17.7. The lowest BCUT2D eigenvalue weighted by Crippen LogP contribution is -2.57. The molecule has 0 unspecified atom stereocenters. The summed E-state index contributed by atoms with van der Waals surface area (Å²) in [6.07, 6.45) is 6.86. The molecule has 4 fully saturated rings. The Balaban J connectivity index is 1.24. The first-order valence-corrected chi connectivity index (χ1v) is 11.1. The first-order valence-electron chi connectivity index (χ1n) is 11.1. The Morgan fingerprint density at radius 2 is 1.53 bits per heavy atom. The maximum Gasteiger partial charge on any atom is 0.245 e. The van der Waals surface area contributed by atoms with E-state index in [1.165, 1.54) is 19.3 Å². The van der Waals surface area contributed by atoms with Crippen LogP contribution in [0.3, 0.4) is 0 Å². The van der Waals surface area contributed by atoms with E-state index in [0.717, 1.165) is 41.3 Å². The molecule has 4 saturated carbocycles. The van der Waals surface area contributed by atoms with Gasteiger partial charge in [0, 0.05) is 0 Å². The minimum atomic E-state index is -0.354. The number of fused-ring (bicyclic) bond motifs is 1. The lowest BCUT2D eigenvalue weighted by atomic mass is 9.49. The molecule has 1 atom stereocenters. The number of nitrogens with one attached hydrogen (secondary N) is 2. The van der Waals surface area contributed by atoms with Crippen molar-refractivity contribution in [3.8, 4) is 5.75 Å². The zero-order chi connectivity index (χ0) is 20.9. The van der Waals surface area contributed by atoms with E-state index in [9.17, 15) is 9.59 Å². The van der Waals surface area contributed by atoms with E-state index in [1.54, 1.807) is 7.11 Å². The molecule has 6 rings (SSSR count). The predicted molar refractivity (Wildman–Crippen MR) is 116 cm³/mol. The highest BCUT2D eigenvalue weighted by Crippen LogP contribution is 2.60. The SMILES string of the molecule is COc1ccc2cc([C@H](C)C(=O)NNC(=O)C34CC5CC(CC(C5)C3)C4)ccc2c1. The molecule has 2 aromatic carbocycles. The van der Waals surface area contributed by atoms with Gasteiger partial charge in [-0.05, 0) is 91.7 Å². The summed E-state index contributed by atoms with van der Waals surface area (Å²) in [6.45, 7) is 1.87. The van der Waals surface area contributed by atoms with Crippen LogP contribution in [0.1, 0.15) is 56.9 Å². The largest absolute Gasteiger partial charge is 0.497 e. The number of carbonyl (C=O) groups excluding carboxylic acids is 2. The van der Waals surface area contributed by atoms with Gasteiger partial charge in [-0.1, -0.05) is 24.3 Å². The third kappa shape index (κ3) is 3.34. The average Bonchev–Trinajstić information content (AvgIpc) is 2.75. The van der Waals surface area contributed by atoms with Gasteiger partial charge in [0.2, 0.25) is 11.8 Å². The number of hydrogen-bond donors (Lipinski definition) is 2. The van der Waals surface area contributed by atoms with Crippen molar-refractivity contribution in [1.82, 2.24) is 10.9 Å². The fourth-order valence-electron chi connectivity index (χ4n) is 6.54. The molecule has 0 heterocycles. The summed E-state index contributed by atoms with van der Waals surface area (Å²) < 4.78 is 5.28. The van der Waals surface area contributed by atoms with Crippen molar-refractivity contribution in [1.29, 1.82) is 0 Å². The van der Waals surface area contributed by atoms with Crippen LogP contribution in [0, 0.1) is 23.2 Å². The summed E-state index contributed by atoms with van der Waals surface area (Å²) >= 11 is 0. The molecular formula is C25H30N2O3. The minimum Gasteiger partial charge on any atom is -0.497 e. The summed E-state index contributed by atoms with van der Waals surface area (Å²) in [5, 5.41) is 2.13. The van der Waals surface area contributed by atoms with Crippen molar-refractivity contribution in [3.63, 3.8) is 0 Å². The van der Waals surface area contributed by atoms with Gasteiger partial charge in [0.25, 0.3) is 0 Å². The molecule has 5 heteroatoms. The Morgan fingerprint density at radius 3 is 2.17 bits per heavy atom. The molecule has 0 aromatic heterocycles. The molecule has 0 radical (unpaired) electrons. The molecule has 2 amide bonds. The summed E-state index contributed by atoms with van der Waals surface area (Å²) in [5.74, 6) is 2.41. The molecule has 30 heavy (non-hydrogen) atoms. The van der Waals surface area contributed by atoms with Crippen molar-refractivity contribution in [2.24, 2.45) is 23.2 Å². The molecule has 4 aliphatic rings. The van der Waals surface area contributed by atoms with E-state index in [0.29, 0.717) is 17.8 Å². The molecule has 0 spiro atoms. The fourth-order valence-corrected chi connectivity index (χ4v) is 6.54. The van der Waals surface area contributed by atoms with Gasteiger partial charge in [-0.15, -0.1) is 0 Å². The van der Waals surface area contributed by atoms with Gasteiger partial charge in [-0.2, -0.15) is 0 Å². The van der Waals surface area contributed by atoms with Crippen LogP contribution in [0.2, 0.25) is 0 Å². The molecule has 4 bridgehead atoms. The summed E-state index contributed by atoms with van der Waals surface area (Å²) in [5.41, 5.74) is 6.17. The van der Waals surface area contributed by atoms with E-state index in [2.05, 4.69) is 10.9 Å². The van der Waals surface area contributed by atoms with E-state index in [4.69, 9.17) is 4.74 Å². The predicted octanol–water partition coefficient (Wildman–Crippen LogP) is 4.32. The highest BCUT2D eigenvalue weighted by molar-refractivity contribution is 5.90. The second-order valence-corrected chi connectivity index (χ2v) is 9.84. The third-order valence-corrected chi connectivity index (χ3v) is 7.78. The van der Waals surface area contributed by atoms with E-state index in [1.807, 2.05) is 43.3 Å². The quantitative estimate of drug-likeness (QED) is 0.744. The average molecular weight is 407 g/mol. The second kappa shape index (κ2) is 7.29. The van der Waals surface area contributed by atoms with Gasteiger partial charge in [-0.3, -0.25) is 20.4 Å². The second-order valence-electron chi connectivity index (χ2n) is 9.84. The van der Waals surface area contributed by atoms with Crippen LogP contribution in [0.5, 0.6) is 5.75 Å². The Hall–Kier alpha value is -2.56. The number of hydrazine groups is 1. The van der Waals surface area contributed by atoms with Gasteiger partial charge in [0.1, 0.15) is 5.75 Å². The molecule has 0 saturated heterocycles. The molecule has 5 nitrogen and oxygen atoms in total. The number of benzene rings is 2. The van der Waals surface area contributed by atoms with Crippen molar-refractivity contribution in [2.75, 3.05) is 7.11 Å². The lowest BCUT2D eigenvalue weighted by Gasteiger charge is -2.55. The fraction of sp³-hybridized carbons (Fsp3) is 0.520. The van der Waals surface area contributed by atoms with Crippen molar-refractivity contribution >= 4 is 22.6 Å². The minimum absolute atomic E-state index is 0.0211. The first kappa shape index (κ1) is 19.4. The molecular weight excluding hydrogens is 376 g/mol. The Kier molecular flexibility index (Phi) is 4.72. The molecule has 4 aliphatic carbocycles. The van der Waals surface area contributed by atoms with Gasteiger partial charge < -0.3 is 4.74 Å². The Labute approximate surface area is 177 Å². The normalized spacial score (nSPS) is 30.1.